The second kappa shape index (κ2) is 8.42. The fourth-order valence-corrected chi connectivity index (χ4v) is 2.39. The van der Waals surface area contributed by atoms with Crippen molar-refractivity contribution < 1.29 is 14.3 Å². The Morgan fingerprint density at radius 3 is 2.32 bits per heavy atom. The van der Waals surface area contributed by atoms with E-state index in [1.165, 1.54) is 19.5 Å². The Hall–Kier alpha value is -4.25. The number of carbonyl (C=O) groups excluding carboxylic acids is 2. The van der Waals surface area contributed by atoms with E-state index in [0.29, 0.717) is 22.5 Å². The molecule has 0 bridgehead atoms. The first-order valence-corrected chi connectivity index (χ1v) is 8.19. The second-order valence-electron chi connectivity index (χ2n) is 5.57. The highest BCUT2D eigenvalue weighted by molar-refractivity contribution is 6.04. The van der Waals surface area contributed by atoms with Crippen molar-refractivity contribution in [2.24, 2.45) is 0 Å². The van der Waals surface area contributed by atoms with Crippen LogP contribution in [0.1, 0.15) is 26.3 Å². The lowest BCUT2D eigenvalue weighted by atomic mass is 10.2. The number of esters is 1. The number of methoxy groups -OCH3 is 1. The largest absolute Gasteiger partial charge is 0.465 e. The van der Waals surface area contributed by atoms with Gasteiger partial charge in [0.15, 0.2) is 0 Å². The standard InChI is InChI=1S/C20H15N5O3/c1-28-19(27)15-7-3-5-9-17(15)25-20-22-11-14(12-23-20)18(26)24-16-8-4-2-6-13(16)10-21/h2-9,11-12H,1H3,(H,24,26)(H,22,23,25). The number of hydrogen-bond acceptors (Lipinski definition) is 7. The van der Waals surface area contributed by atoms with E-state index < -0.39 is 11.9 Å². The highest BCUT2D eigenvalue weighted by Crippen LogP contribution is 2.20. The van der Waals surface area contributed by atoms with Crippen LogP contribution in [-0.2, 0) is 4.74 Å². The first-order chi connectivity index (χ1) is 13.6. The van der Waals surface area contributed by atoms with E-state index >= 15 is 0 Å². The molecular formula is C20H15N5O3. The smallest absolute Gasteiger partial charge is 0.339 e. The van der Waals surface area contributed by atoms with Crippen LogP contribution in [0.3, 0.4) is 0 Å². The Morgan fingerprint density at radius 1 is 1.00 bits per heavy atom. The molecule has 3 rings (SSSR count). The molecule has 3 aromatic rings. The van der Waals surface area contributed by atoms with Crippen molar-refractivity contribution in [1.82, 2.24) is 9.97 Å². The summed E-state index contributed by atoms with van der Waals surface area (Å²) in [6, 6.07) is 15.5. The van der Waals surface area contributed by atoms with Crippen molar-refractivity contribution in [3.63, 3.8) is 0 Å². The lowest BCUT2D eigenvalue weighted by Crippen LogP contribution is -2.14. The SMILES string of the molecule is COC(=O)c1ccccc1Nc1ncc(C(=O)Nc2ccccc2C#N)cn1. The Labute approximate surface area is 160 Å². The number of aromatic nitrogens is 2. The van der Waals surface area contributed by atoms with Crippen molar-refractivity contribution >= 4 is 29.2 Å². The average molecular weight is 373 g/mol. The van der Waals surface area contributed by atoms with Crippen molar-refractivity contribution in [2.75, 3.05) is 17.7 Å². The predicted molar refractivity (Wildman–Crippen MR) is 102 cm³/mol. The van der Waals surface area contributed by atoms with Crippen LogP contribution in [0.25, 0.3) is 0 Å². The molecule has 0 atom stereocenters. The lowest BCUT2D eigenvalue weighted by molar-refractivity contribution is 0.0601. The van der Waals surface area contributed by atoms with Gasteiger partial charge < -0.3 is 15.4 Å². The molecule has 0 aliphatic carbocycles. The van der Waals surface area contributed by atoms with Crippen LogP contribution < -0.4 is 10.6 Å². The summed E-state index contributed by atoms with van der Waals surface area (Å²) >= 11 is 0. The van der Waals surface area contributed by atoms with Crippen molar-refractivity contribution in [3.05, 3.63) is 77.6 Å². The number of ether oxygens (including phenoxy) is 1. The number of anilines is 3. The number of hydrogen-bond donors (Lipinski definition) is 2. The summed E-state index contributed by atoms with van der Waals surface area (Å²) in [6.07, 6.45) is 2.70. The third-order valence-electron chi connectivity index (χ3n) is 3.79. The van der Waals surface area contributed by atoms with Gasteiger partial charge in [-0.15, -0.1) is 0 Å². The third kappa shape index (κ3) is 4.11. The number of rotatable bonds is 5. The zero-order chi connectivity index (χ0) is 19.9. The monoisotopic (exact) mass is 373 g/mol. The van der Waals surface area contributed by atoms with Gasteiger partial charge in [-0.25, -0.2) is 14.8 Å². The summed E-state index contributed by atoms with van der Waals surface area (Å²) in [5.74, 6) is -0.718. The molecule has 8 heteroatoms. The molecule has 0 saturated carbocycles. The molecule has 1 amide bonds. The molecule has 0 saturated heterocycles. The van der Waals surface area contributed by atoms with Gasteiger partial charge in [-0.1, -0.05) is 24.3 Å². The number of nitriles is 1. The Bertz CT molecular complexity index is 1060. The minimum absolute atomic E-state index is 0.213. The highest BCUT2D eigenvalue weighted by Gasteiger charge is 2.13. The second-order valence-corrected chi connectivity index (χ2v) is 5.57. The quantitative estimate of drug-likeness (QED) is 0.660. The normalized spacial score (nSPS) is 9.86. The van der Waals surface area contributed by atoms with Crippen LogP contribution in [0.5, 0.6) is 0 Å². The Morgan fingerprint density at radius 2 is 1.64 bits per heavy atom. The first kappa shape index (κ1) is 18.5. The van der Waals surface area contributed by atoms with Crippen LogP contribution >= 0.6 is 0 Å². The minimum atomic E-state index is -0.491. The molecule has 2 N–H and O–H groups in total. The fraction of sp³-hybridized carbons (Fsp3) is 0.0500. The van der Waals surface area contributed by atoms with Gasteiger partial charge in [0.2, 0.25) is 5.95 Å². The van der Waals surface area contributed by atoms with Gasteiger partial charge in [-0.2, -0.15) is 5.26 Å². The molecular weight excluding hydrogens is 358 g/mol. The maximum Gasteiger partial charge on any atom is 0.339 e. The van der Waals surface area contributed by atoms with Gasteiger partial charge in [0.25, 0.3) is 5.91 Å². The van der Waals surface area contributed by atoms with Gasteiger partial charge >= 0.3 is 5.97 Å². The molecule has 0 spiro atoms. The summed E-state index contributed by atoms with van der Waals surface area (Å²) in [4.78, 5) is 32.4. The molecule has 1 heterocycles. The topological polar surface area (TPSA) is 117 Å². The summed E-state index contributed by atoms with van der Waals surface area (Å²) < 4.78 is 4.75. The highest BCUT2D eigenvalue weighted by atomic mass is 16.5. The molecule has 28 heavy (non-hydrogen) atoms. The van der Waals surface area contributed by atoms with Gasteiger partial charge in [0, 0.05) is 12.4 Å². The summed E-state index contributed by atoms with van der Waals surface area (Å²) in [6.45, 7) is 0. The van der Waals surface area contributed by atoms with Crippen molar-refractivity contribution in [1.29, 1.82) is 5.26 Å². The summed E-state index contributed by atoms with van der Waals surface area (Å²) in [5.41, 5.74) is 1.80. The van der Waals surface area contributed by atoms with Gasteiger partial charge in [0.05, 0.1) is 35.2 Å². The molecule has 0 aliphatic rings. The average Bonchev–Trinajstić information content (AvgIpc) is 2.74. The lowest BCUT2D eigenvalue weighted by Gasteiger charge is -2.10. The van der Waals surface area contributed by atoms with Crippen LogP contribution in [0.2, 0.25) is 0 Å². The molecule has 138 valence electrons. The third-order valence-corrected chi connectivity index (χ3v) is 3.79. The number of amides is 1. The molecule has 0 radical (unpaired) electrons. The number of nitrogens with one attached hydrogen (secondary N) is 2. The summed E-state index contributed by atoms with van der Waals surface area (Å²) in [7, 11) is 1.30. The van der Waals surface area contributed by atoms with E-state index in [9.17, 15) is 9.59 Å². The summed E-state index contributed by atoms with van der Waals surface area (Å²) in [5, 5.41) is 14.7. The maximum absolute atomic E-state index is 12.4. The van der Waals surface area contributed by atoms with Crippen LogP contribution in [0.4, 0.5) is 17.3 Å². The molecule has 2 aromatic carbocycles. The molecule has 0 fully saturated rings. The molecule has 8 nitrogen and oxygen atoms in total. The van der Waals surface area contributed by atoms with Crippen LogP contribution in [-0.4, -0.2) is 29.0 Å². The van der Waals surface area contributed by atoms with E-state index in [0.717, 1.165) is 0 Å². The van der Waals surface area contributed by atoms with Crippen LogP contribution in [0.15, 0.2) is 60.9 Å². The van der Waals surface area contributed by atoms with E-state index in [1.807, 2.05) is 6.07 Å². The first-order valence-electron chi connectivity index (χ1n) is 8.19. The van der Waals surface area contributed by atoms with E-state index in [2.05, 4.69) is 20.6 Å². The Balaban J connectivity index is 1.75. The van der Waals surface area contributed by atoms with Gasteiger partial charge in [0.1, 0.15) is 6.07 Å². The maximum atomic E-state index is 12.4. The van der Waals surface area contributed by atoms with Crippen LogP contribution in [0, 0.1) is 11.3 Å². The zero-order valence-corrected chi connectivity index (χ0v) is 14.8. The minimum Gasteiger partial charge on any atom is -0.465 e. The number of para-hydroxylation sites is 2. The molecule has 1 aromatic heterocycles. The number of nitrogens with zero attached hydrogens (tertiary/aromatic N) is 3. The predicted octanol–water partition coefficient (Wildman–Crippen LogP) is 3.13. The van der Waals surface area contributed by atoms with E-state index in [4.69, 9.17) is 10.00 Å². The Kier molecular flexibility index (Phi) is 5.58. The molecule has 0 unspecified atom stereocenters. The van der Waals surface area contributed by atoms with Gasteiger partial charge in [-0.05, 0) is 24.3 Å². The van der Waals surface area contributed by atoms with Crippen molar-refractivity contribution in [3.8, 4) is 6.07 Å². The van der Waals surface area contributed by atoms with Gasteiger partial charge in [-0.3, -0.25) is 4.79 Å². The van der Waals surface area contributed by atoms with E-state index in [1.54, 1.807) is 48.5 Å². The zero-order valence-electron chi connectivity index (χ0n) is 14.8. The van der Waals surface area contributed by atoms with Crippen molar-refractivity contribution in [2.45, 2.75) is 0 Å². The molecule has 0 aliphatic heterocycles. The van der Waals surface area contributed by atoms with E-state index in [-0.39, 0.29) is 11.5 Å². The number of carbonyl (C=O) groups is 2. The fourth-order valence-electron chi connectivity index (χ4n) is 2.39. The number of benzene rings is 2.